The quantitative estimate of drug-likeness (QED) is 0.168. The topological polar surface area (TPSA) is 52.1 Å². The van der Waals surface area contributed by atoms with Crippen molar-refractivity contribution in [3.05, 3.63) is 145 Å². The van der Waals surface area contributed by atoms with Gasteiger partial charge in [-0.25, -0.2) is 0 Å². The third-order valence-corrected chi connectivity index (χ3v) is 7.49. The number of aromatic nitrogens is 2. The van der Waals surface area contributed by atoms with Crippen LogP contribution in [0.25, 0.3) is 66.7 Å². The molecule has 217 valence electrons. The van der Waals surface area contributed by atoms with E-state index in [-0.39, 0.29) is 20.1 Å². The zero-order valence-corrected chi connectivity index (χ0v) is 26.6. The molecule has 0 spiro atoms. The molecule has 8 aromatic rings. The normalized spacial score (nSPS) is 11.0. The van der Waals surface area contributed by atoms with Crippen molar-refractivity contribution in [3.63, 3.8) is 0 Å². The molecule has 0 atom stereocenters. The predicted molar refractivity (Wildman–Crippen MR) is 174 cm³/mol. The van der Waals surface area contributed by atoms with E-state index in [0.717, 1.165) is 66.7 Å². The Labute approximate surface area is 269 Å². The van der Waals surface area contributed by atoms with Gasteiger partial charge in [0.2, 0.25) is 0 Å². The average Bonchev–Trinajstić information content (AvgIpc) is 3.66. The van der Waals surface area contributed by atoms with Crippen molar-refractivity contribution >= 4 is 32.9 Å². The van der Waals surface area contributed by atoms with Crippen molar-refractivity contribution in [2.24, 2.45) is 0 Å². The van der Waals surface area contributed by atoms with E-state index < -0.39 is 0 Å². The van der Waals surface area contributed by atoms with Gasteiger partial charge in [0.25, 0.3) is 0 Å². The molecule has 0 N–H and O–H groups in total. The second-order valence-electron chi connectivity index (χ2n) is 10.7. The molecule has 0 saturated heterocycles. The van der Waals surface area contributed by atoms with Gasteiger partial charge in [-0.15, -0.1) is 54.1 Å². The summed E-state index contributed by atoms with van der Waals surface area (Å²) in [5.41, 5.74) is 8.58. The first-order valence-corrected chi connectivity index (χ1v) is 14.3. The van der Waals surface area contributed by atoms with E-state index in [0.29, 0.717) is 5.92 Å². The number of fused-ring (bicyclic) bond motifs is 4. The first-order chi connectivity index (χ1) is 21.1. The van der Waals surface area contributed by atoms with Crippen LogP contribution in [0.2, 0.25) is 0 Å². The number of hydrogen-bond donors (Lipinski definition) is 0. The standard InChI is InChI=1S/C28H20NO2.C11H8N.Ir/c1-17(2)19-11-12-29-24(13-19)22-10-6-9-21-23-16-26-20(15-27(23)31-28(21)22)14-25(30-26)18-7-4-3-5-8-18;1-2-6-10(7-3-1)11-8-4-5-9-12-11;/h3-9,11-17H,1-2H3;1-6,8-9H;/q2*-1;. The fourth-order valence-electron chi connectivity index (χ4n) is 5.23. The Morgan fingerprint density at radius 2 is 1.45 bits per heavy atom. The SMILES string of the molecule is CC(C)c1ccnc(-c2[c-]ccc3c2oc2cc4cc(-c5ccccc5)oc4cc23)c1.[Ir].[c-]1ccccc1-c1ccccn1. The third kappa shape index (κ3) is 5.85. The van der Waals surface area contributed by atoms with Crippen molar-refractivity contribution in [1.29, 1.82) is 0 Å². The Morgan fingerprint density at radius 1 is 0.636 bits per heavy atom. The summed E-state index contributed by atoms with van der Waals surface area (Å²) < 4.78 is 12.5. The molecule has 4 aromatic heterocycles. The van der Waals surface area contributed by atoms with Crippen LogP contribution in [0.1, 0.15) is 25.3 Å². The monoisotopic (exact) mass is 749 g/mol. The van der Waals surface area contributed by atoms with Gasteiger partial charge < -0.3 is 18.8 Å². The first-order valence-electron chi connectivity index (χ1n) is 14.3. The van der Waals surface area contributed by atoms with Crippen LogP contribution in [0.4, 0.5) is 0 Å². The second-order valence-corrected chi connectivity index (χ2v) is 10.7. The Kier molecular flexibility index (Phi) is 8.51. The zero-order chi connectivity index (χ0) is 29.2. The van der Waals surface area contributed by atoms with E-state index in [4.69, 9.17) is 8.83 Å². The van der Waals surface area contributed by atoms with Crippen LogP contribution in [0.15, 0.2) is 136 Å². The molecule has 1 radical (unpaired) electrons. The molecular formula is C39H28IrN2O2-2. The summed E-state index contributed by atoms with van der Waals surface area (Å²) in [7, 11) is 0. The van der Waals surface area contributed by atoms with Crippen LogP contribution in [0, 0.1) is 12.1 Å². The van der Waals surface area contributed by atoms with Crippen molar-refractivity contribution in [2.45, 2.75) is 19.8 Å². The van der Waals surface area contributed by atoms with Crippen molar-refractivity contribution in [2.75, 3.05) is 0 Å². The minimum atomic E-state index is 0. The van der Waals surface area contributed by atoms with Gasteiger partial charge in [-0.3, -0.25) is 0 Å². The third-order valence-electron chi connectivity index (χ3n) is 7.49. The molecule has 5 heteroatoms. The minimum absolute atomic E-state index is 0. The molecule has 44 heavy (non-hydrogen) atoms. The van der Waals surface area contributed by atoms with E-state index in [2.05, 4.69) is 78.4 Å². The molecule has 0 amide bonds. The summed E-state index contributed by atoms with van der Waals surface area (Å²) in [4.78, 5) is 8.81. The molecule has 4 heterocycles. The Balaban J connectivity index is 0.000000222. The molecule has 0 aliphatic rings. The van der Waals surface area contributed by atoms with E-state index in [1.807, 2.05) is 79.0 Å². The summed E-state index contributed by atoms with van der Waals surface area (Å²) in [5, 5.41) is 3.10. The number of hydrogen-bond acceptors (Lipinski definition) is 4. The Hall–Kier alpha value is -4.83. The molecule has 0 unspecified atom stereocenters. The Morgan fingerprint density at radius 3 is 2.23 bits per heavy atom. The smallest absolute Gasteiger partial charge is 0.135 e. The van der Waals surface area contributed by atoms with E-state index in [1.54, 1.807) is 6.20 Å². The van der Waals surface area contributed by atoms with Crippen LogP contribution in [-0.2, 0) is 20.1 Å². The minimum Gasteiger partial charge on any atom is -0.501 e. The van der Waals surface area contributed by atoms with Gasteiger partial charge in [-0.1, -0.05) is 78.9 Å². The number of benzene rings is 4. The maximum atomic E-state index is 6.35. The fraction of sp³-hybridized carbons (Fsp3) is 0.0769. The van der Waals surface area contributed by atoms with Gasteiger partial charge in [-0.05, 0) is 47.6 Å². The van der Waals surface area contributed by atoms with Gasteiger partial charge in [0.1, 0.15) is 16.9 Å². The van der Waals surface area contributed by atoms with Gasteiger partial charge in [0.15, 0.2) is 0 Å². The molecule has 8 rings (SSSR count). The van der Waals surface area contributed by atoms with Crippen LogP contribution in [-0.4, -0.2) is 9.97 Å². The summed E-state index contributed by atoms with van der Waals surface area (Å²) >= 11 is 0. The molecule has 0 aliphatic heterocycles. The summed E-state index contributed by atoms with van der Waals surface area (Å²) in [5.74, 6) is 1.29. The molecule has 0 aliphatic carbocycles. The first kappa shape index (κ1) is 29.3. The molecule has 4 nitrogen and oxygen atoms in total. The van der Waals surface area contributed by atoms with Crippen LogP contribution in [0.5, 0.6) is 0 Å². The van der Waals surface area contributed by atoms with E-state index in [1.165, 1.54) is 5.56 Å². The van der Waals surface area contributed by atoms with Gasteiger partial charge in [0, 0.05) is 48.8 Å². The van der Waals surface area contributed by atoms with Crippen molar-refractivity contribution in [1.82, 2.24) is 9.97 Å². The largest absolute Gasteiger partial charge is 0.501 e. The summed E-state index contributed by atoms with van der Waals surface area (Å²) in [6.07, 6.45) is 3.65. The second kappa shape index (κ2) is 12.8. The van der Waals surface area contributed by atoms with Crippen LogP contribution < -0.4 is 0 Å². The zero-order valence-electron chi connectivity index (χ0n) is 24.2. The molecule has 0 fully saturated rings. The molecular weight excluding hydrogens is 721 g/mol. The summed E-state index contributed by atoms with van der Waals surface area (Å²) in [6.45, 7) is 4.37. The predicted octanol–water partition coefficient (Wildman–Crippen LogP) is 10.5. The van der Waals surface area contributed by atoms with E-state index >= 15 is 0 Å². The number of pyridine rings is 2. The maximum absolute atomic E-state index is 6.35. The summed E-state index contributed by atoms with van der Waals surface area (Å²) in [6, 6.07) is 44.7. The molecule has 0 saturated carbocycles. The van der Waals surface area contributed by atoms with Crippen LogP contribution in [0.3, 0.4) is 0 Å². The van der Waals surface area contributed by atoms with Gasteiger partial charge in [-0.2, -0.15) is 0 Å². The number of furan rings is 2. The van der Waals surface area contributed by atoms with Gasteiger partial charge in [0.05, 0.1) is 5.58 Å². The Bertz CT molecular complexity index is 2110. The van der Waals surface area contributed by atoms with E-state index in [9.17, 15) is 0 Å². The molecule has 0 bridgehead atoms. The average molecular weight is 749 g/mol. The molecule has 4 aromatic carbocycles. The fourth-order valence-corrected chi connectivity index (χ4v) is 5.23. The van der Waals surface area contributed by atoms with Crippen molar-refractivity contribution < 1.29 is 28.9 Å². The van der Waals surface area contributed by atoms with Crippen LogP contribution >= 0.6 is 0 Å². The maximum Gasteiger partial charge on any atom is 0.135 e. The van der Waals surface area contributed by atoms with Crippen molar-refractivity contribution in [3.8, 4) is 33.8 Å². The number of nitrogens with zero attached hydrogens (tertiary/aromatic N) is 2. The van der Waals surface area contributed by atoms with Gasteiger partial charge >= 0.3 is 0 Å². The number of rotatable bonds is 4.